The van der Waals surface area contributed by atoms with E-state index in [-0.39, 0.29) is 0 Å². The van der Waals surface area contributed by atoms with E-state index in [0.717, 1.165) is 25.5 Å². The van der Waals surface area contributed by atoms with Gasteiger partial charge in [0.15, 0.2) is 0 Å². The second-order valence-corrected chi connectivity index (χ2v) is 4.31. The van der Waals surface area contributed by atoms with E-state index < -0.39 is 0 Å². The summed E-state index contributed by atoms with van der Waals surface area (Å²) in [4.78, 5) is 0. The molecule has 1 aromatic carbocycles. The summed E-state index contributed by atoms with van der Waals surface area (Å²) in [7, 11) is 0. The summed E-state index contributed by atoms with van der Waals surface area (Å²) in [5.41, 5.74) is 2.46. The van der Waals surface area contributed by atoms with Gasteiger partial charge in [-0.25, -0.2) is 0 Å². The molecule has 1 aliphatic heterocycles. The fourth-order valence-corrected chi connectivity index (χ4v) is 1.88. The molecule has 0 radical (unpaired) electrons. The first-order valence-electron chi connectivity index (χ1n) is 5.77. The molecule has 1 heterocycles. The predicted molar refractivity (Wildman–Crippen MR) is 64.0 cm³/mol. The van der Waals surface area contributed by atoms with Crippen molar-refractivity contribution < 1.29 is 9.47 Å². The molecule has 16 heavy (non-hydrogen) atoms. The van der Waals surface area contributed by atoms with Crippen LogP contribution in [0, 0.1) is 13.8 Å². The van der Waals surface area contributed by atoms with Crippen molar-refractivity contribution in [3.8, 4) is 5.75 Å². The zero-order chi connectivity index (χ0) is 11.4. The van der Waals surface area contributed by atoms with E-state index in [2.05, 4.69) is 31.3 Å². The van der Waals surface area contributed by atoms with E-state index in [1.54, 1.807) is 0 Å². The summed E-state index contributed by atoms with van der Waals surface area (Å²) in [6.07, 6.45) is 0. The Morgan fingerprint density at radius 2 is 2.31 bits per heavy atom. The van der Waals surface area contributed by atoms with Crippen molar-refractivity contribution in [2.45, 2.75) is 19.9 Å². The molecule has 1 N–H and O–H groups in total. The molecule has 0 bridgehead atoms. The van der Waals surface area contributed by atoms with Gasteiger partial charge in [-0.05, 0) is 25.5 Å². The summed E-state index contributed by atoms with van der Waals surface area (Å²) in [5, 5.41) is 3.37. The van der Waals surface area contributed by atoms with Crippen LogP contribution < -0.4 is 10.1 Å². The molecule has 2 rings (SSSR count). The lowest BCUT2D eigenvalue weighted by atomic mass is 10.1. The highest BCUT2D eigenvalue weighted by Gasteiger charge is 2.13. The standard InChI is InChI=1S/C13H19NO2/c1-10-3-4-13(11(2)7-10)16-9-12-8-15-6-5-14-12/h3-4,7,12,14H,5-6,8-9H2,1-2H3. The summed E-state index contributed by atoms with van der Waals surface area (Å²) in [5.74, 6) is 0.970. The van der Waals surface area contributed by atoms with Gasteiger partial charge in [0.25, 0.3) is 0 Å². The van der Waals surface area contributed by atoms with E-state index in [1.807, 2.05) is 6.07 Å². The van der Waals surface area contributed by atoms with Crippen LogP contribution in [0.3, 0.4) is 0 Å². The third kappa shape index (κ3) is 2.97. The van der Waals surface area contributed by atoms with Gasteiger partial charge in [-0.3, -0.25) is 0 Å². The van der Waals surface area contributed by atoms with Crippen LogP contribution in [0.1, 0.15) is 11.1 Å². The summed E-state index contributed by atoms with van der Waals surface area (Å²) >= 11 is 0. The highest BCUT2D eigenvalue weighted by Crippen LogP contribution is 2.18. The zero-order valence-electron chi connectivity index (χ0n) is 9.95. The van der Waals surface area contributed by atoms with Crippen LogP contribution in [-0.4, -0.2) is 32.4 Å². The summed E-state index contributed by atoms with van der Waals surface area (Å²) in [6, 6.07) is 6.57. The van der Waals surface area contributed by atoms with Crippen molar-refractivity contribution in [2.75, 3.05) is 26.4 Å². The molecule has 1 fully saturated rings. The molecule has 88 valence electrons. The number of hydrogen-bond donors (Lipinski definition) is 1. The van der Waals surface area contributed by atoms with E-state index >= 15 is 0 Å². The molecule has 3 nitrogen and oxygen atoms in total. The summed E-state index contributed by atoms with van der Waals surface area (Å²) < 4.78 is 11.2. The lowest BCUT2D eigenvalue weighted by Crippen LogP contribution is -2.44. The Labute approximate surface area is 96.8 Å². The maximum Gasteiger partial charge on any atom is 0.122 e. The number of morpholine rings is 1. The van der Waals surface area contributed by atoms with Gasteiger partial charge in [0.2, 0.25) is 0 Å². The van der Waals surface area contributed by atoms with Crippen LogP contribution in [0.5, 0.6) is 5.75 Å². The van der Waals surface area contributed by atoms with Crippen LogP contribution in [0.25, 0.3) is 0 Å². The minimum absolute atomic E-state index is 0.314. The Bertz CT molecular complexity index is 346. The fourth-order valence-electron chi connectivity index (χ4n) is 1.88. The topological polar surface area (TPSA) is 30.5 Å². The van der Waals surface area contributed by atoms with Gasteiger partial charge in [0, 0.05) is 6.54 Å². The summed E-state index contributed by atoms with van der Waals surface area (Å²) in [6.45, 7) is 7.30. The van der Waals surface area contributed by atoms with Gasteiger partial charge in [-0.1, -0.05) is 17.7 Å². The maximum atomic E-state index is 5.79. The molecule has 1 aliphatic rings. The molecule has 1 unspecified atom stereocenters. The van der Waals surface area contributed by atoms with Gasteiger partial charge in [-0.2, -0.15) is 0 Å². The zero-order valence-corrected chi connectivity index (χ0v) is 9.95. The molecule has 1 saturated heterocycles. The van der Waals surface area contributed by atoms with E-state index in [9.17, 15) is 0 Å². The number of hydrogen-bond acceptors (Lipinski definition) is 3. The maximum absolute atomic E-state index is 5.79. The molecular formula is C13H19NO2. The van der Waals surface area contributed by atoms with E-state index in [4.69, 9.17) is 9.47 Å². The van der Waals surface area contributed by atoms with Crippen LogP contribution in [0.2, 0.25) is 0 Å². The van der Waals surface area contributed by atoms with Gasteiger partial charge < -0.3 is 14.8 Å². The minimum Gasteiger partial charge on any atom is -0.492 e. The van der Waals surface area contributed by atoms with Crippen molar-refractivity contribution in [1.82, 2.24) is 5.32 Å². The molecule has 1 aromatic rings. The average molecular weight is 221 g/mol. The fraction of sp³-hybridized carbons (Fsp3) is 0.538. The lowest BCUT2D eigenvalue weighted by molar-refractivity contribution is 0.0591. The van der Waals surface area contributed by atoms with Gasteiger partial charge >= 0.3 is 0 Å². The normalized spacial score (nSPS) is 20.8. The first kappa shape index (κ1) is 11.4. The Morgan fingerprint density at radius 1 is 1.44 bits per heavy atom. The monoisotopic (exact) mass is 221 g/mol. The van der Waals surface area contributed by atoms with Gasteiger partial charge in [-0.15, -0.1) is 0 Å². The van der Waals surface area contributed by atoms with Crippen LogP contribution in [-0.2, 0) is 4.74 Å². The first-order valence-corrected chi connectivity index (χ1v) is 5.77. The van der Waals surface area contributed by atoms with Gasteiger partial charge in [0.05, 0.1) is 19.3 Å². The SMILES string of the molecule is Cc1ccc(OCC2COCCN2)c(C)c1. The quantitative estimate of drug-likeness (QED) is 0.842. The third-order valence-electron chi connectivity index (χ3n) is 2.77. The number of ether oxygens (including phenoxy) is 2. The molecule has 3 heteroatoms. The highest BCUT2D eigenvalue weighted by atomic mass is 16.5. The second kappa shape index (κ2) is 5.32. The molecule has 0 saturated carbocycles. The van der Waals surface area contributed by atoms with E-state index in [1.165, 1.54) is 11.1 Å². The molecule has 0 aliphatic carbocycles. The number of rotatable bonds is 3. The smallest absolute Gasteiger partial charge is 0.122 e. The predicted octanol–water partition coefficient (Wildman–Crippen LogP) is 1.67. The van der Waals surface area contributed by atoms with Crippen molar-refractivity contribution in [1.29, 1.82) is 0 Å². The Balaban J connectivity index is 1.88. The molecule has 0 spiro atoms. The molecular weight excluding hydrogens is 202 g/mol. The number of nitrogens with one attached hydrogen (secondary N) is 1. The minimum atomic E-state index is 0.314. The Hall–Kier alpha value is -1.06. The Kier molecular flexibility index (Phi) is 3.80. The van der Waals surface area contributed by atoms with E-state index in [0.29, 0.717) is 12.6 Å². The van der Waals surface area contributed by atoms with Crippen molar-refractivity contribution >= 4 is 0 Å². The van der Waals surface area contributed by atoms with Crippen LogP contribution in [0.15, 0.2) is 18.2 Å². The average Bonchev–Trinajstić information content (AvgIpc) is 2.29. The Morgan fingerprint density at radius 3 is 3.00 bits per heavy atom. The first-order chi connectivity index (χ1) is 7.75. The van der Waals surface area contributed by atoms with Gasteiger partial charge in [0.1, 0.15) is 12.4 Å². The molecule has 0 aromatic heterocycles. The highest BCUT2D eigenvalue weighted by molar-refractivity contribution is 5.35. The van der Waals surface area contributed by atoms with Crippen molar-refractivity contribution in [2.24, 2.45) is 0 Å². The lowest BCUT2D eigenvalue weighted by Gasteiger charge is -2.24. The van der Waals surface area contributed by atoms with Crippen molar-refractivity contribution in [3.05, 3.63) is 29.3 Å². The molecule has 0 amide bonds. The number of benzene rings is 1. The largest absolute Gasteiger partial charge is 0.492 e. The van der Waals surface area contributed by atoms with Crippen LogP contribution in [0.4, 0.5) is 0 Å². The molecule has 1 atom stereocenters. The van der Waals surface area contributed by atoms with Crippen molar-refractivity contribution in [3.63, 3.8) is 0 Å². The van der Waals surface area contributed by atoms with Crippen LogP contribution >= 0.6 is 0 Å². The number of aryl methyl sites for hydroxylation is 2. The second-order valence-electron chi connectivity index (χ2n) is 4.31. The third-order valence-corrected chi connectivity index (χ3v) is 2.77.